The Labute approximate surface area is 151 Å². The number of nitrogens with zero attached hydrogens (tertiary/aromatic N) is 3. The second kappa shape index (κ2) is 6.48. The second-order valence-electron chi connectivity index (χ2n) is 6.50. The average Bonchev–Trinajstić information content (AvgIpc) is 3.36. The van der Waals surface area contributed by atoms with Crippen LogP contribution in [0.1, 0.15) is 25.3 Å². The zero-order valence-electron chi connectivity index (χ0n) is 13.9. The first-order chi connectivity index (χ1) is 12.1. The average molecular weight is 374 g/mol. The summed E-state index contributed by atoms with van der Waals surface area (Å²) in [5.41, 5.74) is 2.08. The highest BCUT2D eigenvalue weighted by atomic mass is 32.2. The minimum Gasteiger partial charge on any atom is -0.207 e. The standard InChI is InChI=1S/C18H19N3O2S2/c1-13(15-10-11-15)21(12-14-6-3-2-4-7-14)25(22,23)17-9-5-8-16-18(17)20-24-19-16/h2-9,13,15H,10-12H2,1H3. The Hall–Kier alpha value is -1.83. The fraction of sp³-hybridized carbons (Fsp3) is 0.333. The van der Waals surface area contributed by atoms with E-state index in [0.717, 1.165) is 30.1 Å². The van der Waals surface area contributed by atoms with E-state index in [1.807, 2.05) is 37.3 Å². The van der Waals surface area contributed by atoms with Crippen molar-refractivity contribution in [3.63, 3.8) is 0 Å². The third kappa shape index (κ3) is 3.19. The first-order valence-corrected chi connectivity index (χ1v) is 10.5. The van der Waals surface area contributed by atoms with E-state index in [9.17, 15) is 8.42 Å². The fourth-order valence-electron chi connectivity index (χ4n) is 3.14. The van der Waals surface area contributed by atoms with Gasteiger partial charge in [0.15, 0.2) is 0 Å². The van der Waals surface area contributed by atoms with E-state index in [1.165, 1.54) is 0 Å². The Morgan fingerprint density at radius 2 is 1.88 bits per heavy atom. The van der Waals surface area contributed by atoms with Crippen LogP contribution in [0.4, 0.5) is 0 Å². The Balaban J connectivity index is 1.78. The molecule has 1 aliphatic carbocycles. The molecule has 0 amide bonds. The molecular weight excluding hydrogens is 354 g/mol. The van der Waals surface area contributed by atoms with E-state index in [1.54, 1.807) is 22.5 Å². The number of rotatable bonds is 6. The summed E-state index contributed by atoms with van der Waals surface area (Å²) < 4.78 is 37.0. The Morgan fingerprint density at radius 1 is 1.12 bits per heavy atom. The molecule has 1 unspecified atom stereocenters. The molecule has 0 spiro atoms. The highest BCUT2D eigenvalue weighted by Crippen LogP contribution is 2.38. The Kier molecular flexibility index (Phi) is 4.31. The van der Waals surface area contributed by atoms with Crippen LogP contribution in [0.5, 0.6) is 0 Å². The van der Waals surface area contributed by atoms with Crippen LogP contribution in [0.2, 0.25) is 0 Å². The molecule has 0 saturated heterocycles. The molecule has 2 aromatic carbocycles. The highest BCUT2D eigenvalue weighted by Gasteiger charge is 2.39. The van der Waals surface area contributed by atoms with E-state index < -0.39 is 10.0 Å². The molecule has 1 saturated carbocycles. The fourth-order valence-corrected chi connectivity index (χ4v) is 5.57. The molecule has 4 rings (SSSR count). The maximum Gasteiger partial charge on any atom is 0.245 e. The number of sulfonamides is 1. The predicted octanol–water partition coefficient (Wildman–Crippen LogP) is 3.68. The van der Waals surface area contributed by atoms with Crippen LogP contribution in [-0.4, -0.2) is 27.5 Å². The van der Waals surface area contributed by atoms with E-state index in [-0.39, 0.29) is 10.9 Å². The van der Waals surface area contributed by atoms with E-state index in [0.29, 0.717) is 23.5 Å². The molecule has 0 N–H and O–H groups in total. The Morgan fingerprint density at radius 3 is 2.60 bits per heavy atom. The van der Waals surface area contributed by atoms with Crippen LogP contribution in [0.25, 0.3) is 11.0 Å². The molecule has 1 fully saturated rings. The van der Waals surface area contributed by atoms with Crippen molar-refractivity contribution in [3.8, 4) is 0 Å². The minimum absolute atomic E-state index is 0.0351. The van der Waals surface area contributed by atoms with Crippen molar-refractivity contribution >= 4 is 32.8 Å². The summed E-state index contributed by atoms with van der Waals surface area (Å²) >= 11 is 1.04. The SMILES string of the molecule is CC(C1CC1)N(Cc1ccccc1)S(=O)(=O)c1cccc2nsnc12. The largest absolute Gasteiger partial charge is 0.245 e. The van der Waals surface area contributed by atoms with Gasteiger partial charge in [-0.05, 0) is 43.4 Å². The number of hydrogen-bond acceptors (Lipinski definition) is 5. The maximum absolute atomic E-state index is 13.5. The predicted molar refractivity (Wildman–Crippen MR) is 98.8 cm³/mol. The molecule has 130 valence electrons. The van der Waals surface area contributed by atoms with Crippen molar-refractivity contribution in [1.29, 1.82) is 0 Å². The van der Waals surface area contributed by atoms with Crippen LogP contribution in [0.15, 0.2) is 53.4 Å². The summed E-state index contributed by atoms with van der Waals surface area (Å²) in [5, 5.41) is 0. The molecule has 1 aliphatic rings. The van der Waals surface area contributed by atoms with Gasteiger partial charge in [0.05, 0.1) is 11.7 Å². The van der Waals surface area contributed by atoms with Crippen molar-refractivity contribution in [1.82, 2.24) is 13.1 Å². The second-order valence-corrected chi connectivity index (χ2v) is 8.89. The van der Waals surface area contributed by atoms with Crippen molar-refractivity contribution in [2.45, 2.75) is 37.2 Å². The molecule has 0 radical (unpaired) electrons. The van der Waals surface area contributed by atoms with E-state index >= 15 is 0 Å². The van der Waals surface area contributed by atoms with Crippen molar-refractivity contribution in [3.05, 3.63) is 54.1 Å². The topological polar surface area (TPSA) is 63.2 Å². The summed E-state index contributed by atoms with van der Waals surface area (Å²) in [7, 11) is -3.66. The van der Waals surface area contributed by atoms with Gasteiger partial charge in [0, 0.05) is 12.6 Å². The molecule has 5 nitrogen and oxygen atoms in total. The van der Waals surface area contributed by atoms with Gasteiger partial charge >= 0.3 is 0 Å². The molecule has 0 aliphatic heterocycles. The normalized spacial score (nSPS) is 16.4. The lowest BCUT2D eigenvalue weighted by Gasteiger charge is -2.28. The van der Waals surface area contributed by atoms with Crippen molar-refractivity contribution in [2.24, 2.45) is 5.92 Å². The zero-order valence-corrected chi connectivity index (χ0v) is 15.5. The molecule has 25 heavy (non-hydrogen) atoms. The first kappa shape index (κ1) is 16.6. The van der Waals surface area contributed by atoms with E-state index in [4.69, 9.17) is 0 Å². The van der Waals surface area contributed by atoms with E-state index in [2.05, 4.69) is 8.75 Å². The highest BCUT2D eigenvalue weighted by molar-refractivity contribution is 7.89. The zero-order chi connectivity index (χ0) is 17.4. The van der Waals surface area contributed by atoms with Gasteiger partial charge in [-0.3, -0.25) is 0 Å². The minimum atomic E-state index is -3.66. The summed E-state index contributed by atoms with van der Waals surface area (Å²) in [6.45, 7) is 2.38. The third-order valence-electron chi connectivity index (χ3n) is 4.78. The lowest BCUT2D eigenvalue weighted by atomic mass is 10.2. The van der Waals surface area contributed by atoms with Gasteiger partial charge in [-0.2, -0.15) is 13.1 Å². The van der Waals surface area contributed by atoms with Gasteiger partial charge in [-0.25, -0.2) is 8.42 Å². The van der Waals surface area contributed by atoms with Crippen LogP contribution in [0.3, 0.4) is 0 Å². The number of benzene rings is 2. The van der Waals surface area contributed by atoms with Crippen LogP contribution < -0.4 is 0 Å². The van der Waals surface area contributed by atoms with Crippen LogP contribution in [-0.2, 0) is 16.6 Å². The summed E-state index contributed by atoms with van der Waals surface area (Å²) in [5.74, 6) is 0.436. The number of hydrogen-bond donors (Lipinski definition) is 0. The van der Waals surface area contributed by atoms with Crippen molar-refractivity contribution in [2.75, 3.05) is 0 Å². The summed E-state index contributed by atoms with van der Waals surface area (Å²) in [6.07, 6.45) is 2.18. The Bertz CT molecular complexity index is 982. The lowest BCUT2D eigenvalue weighted by Crippen LogP contribution is -2.39. The van der Waals surface area contributed by atoms with Gasteiger partial charge in [-0.15, -0.1) is 0 Å². The number of aromatic nitrogens is 2. The molecule has 7 heteroatoms. The summed E-state index contributed by atoms with van der Waals surface area (Å²) in [4.78, 5) is 0.252. The van der Waals surface area contributed by atoms with Gasteiger partial charge < -0.3 is 0 Å². The van der Waals surface area contributed by atoms with Gasteiger partial charge in [0.2, 0.25) is 10.0 Å². The van der Waals surface area contributed by atoms with Gasteiger partial charge in [-0.1, -0.05) is 36.4 Å². The molecule has 1 aromatic heterocycles. The smallest absolute Gasteiger partial charge is 0.207 e. The van der Waals surface area contributed by atoms with Gasteiger partial charge in [0.1, 0.15) is 15.9 Å². The van der Waals surface area contributed by atoms with Crippen LogP contribution >= 0.6 is 11.7 Å². The molecule has 1 heterocycles. The van der Waals surface area contributed by atoms with Crippen LogP contribution in [0, 0.1) is 5.92 Å². The molecule has 3 aromatic rings. The third-order valence-corrected chi connectivity index (χ3v) is 7.28. The molecule has 0 bridgehead atoms. The monoisotopic (exact) mass is 373 g/mol. The number of fused-ring (bicyclic) bond motifs is 1. The van der Waals surface area contributed by atoms with Crippen molar-refractivity contribution < 1.29 is 8.42 Å². The van der Waals surface area contributed by atoms with Gasteiger partial charge in [0.25, 0.3) is 0 Å². The maximum atomic E-state index is 13.5. The first-order valence-electron chi connectivity index (χ1n) is 8.34. The summed E-state index contributed by atoms with van der Waals surface area (Å²) in [6, 6.07) is 14.9. The molecule has 1 atom stereocenters. The quantitative estimate of drug-likeness (QED) is 0.661. The molecular formula is C18H19N3O2S2. The lowest BCUT2D eigenvalue weighted by molar-refractivity contribution is 0.303.